The Bertz CT molecular complexity index is 734. The van der Waals surface area contributed by atoms with Gasteiger partial charge in [0.2, 0.25) is 5.91 Å². The molecule has 2 N–H and O–H groups in total. The van der Waals surface area contributed by atoms with E-state index in [0.29, 0.717) is 18.0 Å². The molecule has 8 heteroatoms. The number of piperidine rings is 1. The molecular formula is C18H21F3N4O. The Kier molecular flexibility index (Phi) is 5.61. The Hall–Kier alpha value is -2.35. The van der Waals surface area contributed by atoms with Crippen molar-refractivity contribution in [2.45, 2.75) is 31.9 Å². The molecule has 0 saturated carbocycles. The Balaban J connectivity index is 1.58. The second-order valence-corrected chi connectivity index (χ2v) is 6.45. The largest absolute Gasteiger partial charge is 0.433 e. The molecule has 1 aromatic carbocycles. The first kappa shape index (κ1) is 18.4. The standard InChI is InChI=1S/C18H21F3N4O/c19-18(20,21)16-9-12-23-25(16)15-4-2-14(3-5-15)24-17(26)6-1-13-7-10-22-11-8-13/h2-5,9,12-13,22H,1,6-8,10-11H2,(H,24,26). The van der Waals surface area contributed by atoms with E-state index in [2.05, 4.69) is 15.7 Å². The number of aromatic nitrogens is 2. The maximum Gasteiger partial charge on any atom is 0.433 e. The van der Waals surface area contributed by atoms with Gasteiger partial charge in [-0.3, -0.25) is 4.79 Å². The van der Waals surface area contributed by atoms with Crippen molar-refractivity contribution >= 4 is 11.6 Å². The van der Waals surface area contributed by atoms with Gasteiger partial charge in [0.1, 0.15) is 5.69 Å². The quantitative estimate of drug-likeness (QED) is 0.850. The average Bonchev–Trinajstić information content (AvgIpc) is 3.12. The van der Waals surface area contributed by atoms with Gasteiger partial charge >= 0.3 is 6.18 Å². The van der Waals surface area contributed by atoms with E-state index in [0.717, 1.165) is 49.3 Å². The van der Waals surface area contributed by atoms with Crippen LogP contribution in [0, 0.1) is 5.92 Å². The second kappa shape index (κ2) is 7.90. The van der Waals surface area contributed by atoms with E-state index >= 15 is 0 Å². The third kappa shape index (κ3) is 4.63. The summed E-state index contributed by atoms with van der Waals surface area (Å²) >= 11 is 0. The van der Waals surface area contributed by atoms with Crippen molar-refractivity contribution in [1.29, 1.82) is 0 Å². The van der Waals surface area contributed by atoms with E-state index in [-0.39, 0.29) is 11.6 Å². The van der Waals surface area contributed by atoms with Crippen LogP contribution in [0.15, 0.2) is 36.5 Å². The topological polar surface area (TPSA) is 59.0 Å². The zero-order valence-electron chi connectivity index (χ0n) is 14.2. The normalized spacial score (nSPS) is 15.8. The maximum atomic E-state index is 12.9. The van der Waals surface area contributed by atoms with Crippen molar-refractivity contribution in [1.82, 2.24) is 15.1 Å². The predicted octanol–water partition coefficient (Wildman–Crippen LogP) is 3.61. The molecule has 0 spiro atoms. The van der Waals surface area contributed by atoms with Gasteiger partial charge in [-0.05, 0) is 68.6 Å². The molecule has 26 heavy (non-hydrogen) atoms. The summed E-state index contributed by atoms with van der Waals surface area (Å²) in [6.07, 6.45) is 0.121. The van der Waals surface area contributed by atoms with Gasteiger partial charge in [-0.2, -0.15) is 18.3 Å². The molecule has 0 unspecified atom stereocenters. The van der Waals surface area contributed by atoms with Crippen molar-refractivity contribution < 1.29 is 18.0 Å². The monoisotopic (exact) mass is 366 g/mol. The van der Waals surface area contributed by atoms with Gasteiger partial charge in [0.25, 0.3) is 0 Å². The zero-order chi connectivity index (χ0) is 18.6. The molecule has 1 aromatic heterocycles. The molecule has 1 amide bonds. The lowest BCUT2D eigenvalue weighted by Crippen LogP contribution is -2.28. The van der Waals surface area contributed by atoms with Crippen LogP contribution >= 0.6 is 0 Å². The smallest absolute Gasteiger partial charge is 0.326 e. The highest BCUT2D eigenvalue weighted by Crippen LogP contribution is 2.30. The van der Waals surface area contributed by atoms with Crippen LogP contribution in [0.1, 0.15) is 31.4 Å². The summed E-state index contributed by atoms with van der Waals surface area (Å²) in [7, 11) is 0. The van der Waals surface area contributed by atoms with Crippen LogP contribution in [-0.4, -0.2) is 28.8 Å². The molecule has 0 bridgehead atoms. The molecule has 2 heterocycles. The number of hydrogen-bond donors (Lipinski definition) is 2. The van der Waals surface area contributed by atoms with Crippen LogP contribution in [0.4, 0.5) is 18.9 Å². The third-order valence-corrected chi connectivity index (χ3v) is 4.57. The van der Waals surface area contributed by atoms with Crippen molar-refractivity contribution in [3.05, 3.63) is 42.2 Å². The predicted molar refractivity (Wildman–Crippen MR) is 92.0 cm³/mol. The van der Waals surface area contributed by atoms with Crippen LogP contribution in [0.25, 0.3) is 5.69 Å². The molecule has 1 saturated heterocycles. The molecule has 0 aliphatic carbocycles. The lowest BCUT2D eigenvalue weighted by atomic mass is 9.93. The van der Waals surface area contributed by atoms with E-state index in [9.17, 15) is 18.0 Å². The molecule has 1 aliphatic heterocycles. The number of alkyl halides is 3. The molecule has 140 valence electrons. The van der Waals surface area contributed by atoms with Crippen LogP contribution in [0.3, 0.4) is 0 Å². The highest BCUT2D eigenvalue weighted by Gasteiger charge is 2.35. The highest BCUT2D eigenvalue weighted by molar-refractivity contribution is 5.90. The maximum absolute atomic E-state index is 12.9. The Morgan fingerprint density at radius 3 is 2.54 bits per heavy atom. The lowest BCUT2D eigenvalue weighted by molar-refractivity contribution is -0.142. The van der Waals surface area contributed by atoms with Crippen molar-refractivity contribution in [2.24, 2.45) is 5.92 Å². The summed E-state index contributed by atoms with van der Waals surface area (Å²) < 4.78 is 39.6. The fraction of sp³-hybridized carbons (Fsp3) is 0.444. The fourth-order valence-electron chi connectivity index (χ4n) is 3.14. The molecule has 2 aromatic rings. The number of amides is 1. The summed E-state index contributed by atoms with van der Waals surface area (Å²) in [4.78, 5) is 12.1. The second-order valence-electron chi connectivity index (χ2n) is 6.45. The van der Waals surface area contributed by atoms with E-state index in [1.54, 1.807) is 12.1 Å². The number of hydrogen-bond acceptors (Lipinski definition) is 3. The summed E-state index contributed by atoms with van der Waals surface area (Å²) in [5.74, 6) is 0.497. The molecule has 5 nitrogen and oxygen atoms in total. The van der Waals surface area contributed by atoms with Gasteiger partial charge in [-0.1, -0.05) is 0 Å². The molecule has 3 rings (SSSR count). The highest BCUT2D eigenvalue weighted by atomic mass is 19.4. The van der Waals surface area contributed by atoms with Gasteiger partial charge in [-0.25, -0.2) is 4.68 Å². The summed E-state index contributed by atoms with van der Waals surface area (Å²) in [6.45, 7) is 2.00. The van der Waals surface area contributed by atoms with E-state index in [1.807, 2.05) is 0 Å². The van der Waals surface area contributed by atoms with Gasteiger partial charge in [0, 0.05) is 12.1 Å². The van der Waals surface area contributed by atoms with Gasteiger partial charge < -0.3 is 10.6 Å². The number of carbonyl (C=O) groups excluding carboxylic acids is 1. The first-order valence-electron chi connectivity index (χ1n) is 8.66. The van der Waals surface area contributed by atoms with Gasteiger partial charge in [0.05, 0.1) is 11.9 Å². The van der Waals surface area contributed by atoms with Crippen LogP contribution < -0.4 is 10.6 Å². The zero-order valence-corrected chi connectivity index (χ0v) is 14.2. The van der Waals surface area contributed by atoms with Gasteiger partial charge in [-0.15, -0.1) is 0 Å². The third-order valence-electron chi connectivity index (χ3n) is 4.57. The Morgan fingerprint density at radius 2 is 1.88 bits per heavy atom. The Morgan fingerprint density at radius 1 is 1.19 bits per heavy atom. The summed E-state index contributed by atoms with van der Waals surface area (Å²) in [5, 5.41) is 9.82. The number of nitrogens with zero attached hydrogens (tertiary/aromatic N) is 2. The average molecular weight is 366 g/mol. The number of halogens is 3. The Labute approximate surface area is 149 Å². The van der Waals surface area contributed by atoms with Crippen LogP contribution in [0.2, 0.25) is 0 Å². The summed E-state index contributed by atoms with van der Waals surface area (Å²) in [5.41, 5.74) is 0.0102. The van der Waals surface area contributed by atoms with Crippen molar-refractivity contribution in [2.75, 3.05) is 18.4 Å². The molecular weight excluding hydrogens is 345 g/mol. The van der Waals surface area contributed by atoms with E-state index in [4.69, 9.17) is 0 Å². The van der Waals surface area contributed by atoms with Gasteiger partial charge in [0.15, 0.2) is 0 Å². The molecule has 1 fully saturated rings. The van der Waals surface area contributed by atoms with Crippen LogP contribution in [0.5, 0.6) is 0 Å². The molecule has 0 atom stereocenters. The molecule has 0 radical (unpaired) electrons. The van der Waals surface area contributed by atoms with Crippen molar-refractivity contribution in [3.8, 4) is 5.69 Å². The number of benzene rings is 1. The SMILES string of the molecule is O=C(CCC1CCNCC1)Nc1ccc(-n2nccc2C(F)(F)F)cc1. The van der Waals surface area contributed by atoms with E-state index < -0.39 is 11.9 Å². The summed E-state index contributed by atoms with van der Waals surface area (Å²) in [6, 6.07) is 7.10. The number of rotatable bonds is 5. The minimum absolute atomic E-state index is 0.0775. The van der Waals surface area contributed by atoms with Crippen molar-refractivity contribution in [3.63, 3.8) is 0 Å². The number of anilines is 1. The van der Waals surface area contributed by atoms with E-state index in [1.165, 1.54) is 12.1 Å². The number of nitrogens with one attached hydrogen (secondary N) is 2. The number of carbonyl (C=O) groups is 1. The minimum Gasteiger partial charge on any atom is -0.326 e. The fourth-order valence-corrected chi connectivity index (χ4v) is 3.14. The van der Waals surface area contributed by atoms with Crippen LogP contribution in [-0.2, 0) is 11.0 Å². The minimum atomic E-state index is -4.47. The molecule has 1 aliphatic rings. The lowest BCUT2D eigenvalue weighted by Gasteiger charge is -2.22. The first-order valence-corrected chi connectivity index (χ1v) is 8.66. The first-order chi connectivity index (χ1) is 12.4.